The van der Waals surface area contributed by atoms with Crippen molar-refractivity contribution in [2.24, 2.45) is 5.92 Å². The van der Waals surface area contributed by atoms with Crippen molar-refractivity contribution in [1.29, 1.82) is 0 Å². The van der Waals surface area contributed by atoms with E-state index in [0.29, 0.717) is 11.9 Å². The van der Waals surface area contributed by atoms with Gasteiger partial charge in [-0.25, -0.2) is 9.97 Å². The zero-order valence-electron chi connectivity index (χ0n) is 17.4. The second-order valence-corrected chi connectivity index (χ2v) is 9.01. The van der Waals surface area contributed by atoms with E-state index in [-0.39, 0.29) is 23.0 Å². The molecule has 0 spiro atoms. The summed E-state index contributed by atoms with van der Waals surface area (Å²) in [6, 6.07) is 0. The van der Waals surface area contributed by atoms with Crippen LogP contribution in [-0.2, 0) is 14.1 Å². The minimum atomic E-state index is -0.451. The average molecular weight is 409 g/mol. The number of aromatic nitrogens is 2. The molecule has 9 heteroatoms. The summed E-state index contributed by atoms with van der Waals surface area (Å²) in [7, 11) is 1.55. The van der Waals surface area contributed by atoms with Gasteiger partial charge in [0.2, 0.25) is 11.9 Å². The van der Waals surface area contributed by atoms with Crippen molar-refractivity contribution >= 4 is 36.0 Å². The molecule has 0 atom stereocenters. The van der Waals surface area contributed by atoms with Crippen LogP contribution in [0.3, 0.4) is 0 Å². The number of alkyl halides is 1. The van der Waals surface area contributed by atoms with E-state index in [9.17, 15) is 4.79 Å². The summed E-state index contributed by atoms with van der Waals surface area (Å²) >= 11 is 5.64. The lowest BCUT2D eigenvalue weighted by Gasteiger charge is -2.33. The summed E-state index contributed by atoms with van der Waals surface area (Å²) < 4.78 is 12.1. The Morgan fingerprint density at radius 1 is 1.21 bits per heavy atom. The molecule has 0 radical (unpaired) electrons. The molecule has 0 saturated carbocycles. The molecule has 2 aliphatic heterocycles. The van der Waals surface area contributed by atoms with Crippen LogP contribution < -0.4 is 10.4 Å². The van der Waals surface area contributed by atoms with Gasteiger partial charge in [-0.15, -0.1) is 11.6 Å². The number of carbonyl (C=O) groups is 1. The van der Waals surface area contributed by atoms with Gasteiger partial charge in [0, 0.05) is 44.5 Å². The number of carbonyl (C=O) groups excluding carboxylic acids is 1. The molecular formula is C19H30BClN4O3. The molecule has 0 unspecified atom stereocenters. The minimum Gasteiger partial charge on any atom is -0.399 e. The van der Waals surface area contributed by atoms with E-state index >= 15 is 0 Å². The standard InChI is InChI=1S/C19H30BClN4O3/c1-18(2)19(3,4)28-20(27-18)15-11-22-17(23-12-15)24(5)13-14-6-8-25(9-7-14)16(26)10-21/h11-12,14H,6-10,13H2,1-5H3. The average Bonchev–Trinajstić information content (AvgIpc) is 2.89. The Balaban J connectivity index is 1.55. The first kappa shape index (κ1) is 21.3. The summed E-state index contributed by atoms with van der Waals surface area (Å²) in [5.74, 6) is 1.28. The summed E-state index contributed by atoms with van der Waals surface area (Å²) in [6.07, 6.45) is 5.50. The first-order valence-electron chi connectivity index (χ1n) is 9.85. The maximum atomic E-state index is 11.7. The number of nitrogens with zero attached hydrogens (tertiary/aromatic N) is 4. The lowest BCUT2D eigenvalue weighted by atomic mass is 9.81. The van der Waals surface area contributed by atoms with Crippen LogP contribution in [0.1, 0.15) is 40.5 Å². The fraction of sp³-hybridized carbons (Fsp3) is 0.737. The fourth-order valence-corrected chi connectivity index (χ4v) is 3.72. The molecule has 7 nitrogen and oxygen atoms in total. The van der Waals surface area contributed by atoms with Gasteiger partial charge >= 0.3 is 7.12 Å². The Morgan fingerprint density at radius 2 is 1.75 bits per heavy atom. The van der Waals surface area contributed by atoms with E-state index < -0.39 is 7.12 Å². The Hall–Kier alpha value is -1.38. The van der Waals surface area contributed by atoms with Crippen LogP contribution in [0, 0.1) is 5.92 Å². The van der Waals surface area contributed by atoms with Crippen molar-refractivity contribution in [3.63, 3.8) is 0 Å². The molecule has 0 N–H and O–H groups in total. The third-order valence-corrected chi connectivity index (χ3v) is 6.37. The van der Waals surface area contributed by atoms with Crippen LogP contribution >= 0.6 is 11.6 Å². The summed E-state index contributed by atoms with van der Waals surface area (Å²) in [6.45, 7) is 10.5. The van der Waals surface area contributed by atoms with Gasteiger partial charge in [0.1, 0.15) is 5.88 Å². The highest BCUT2D eigenvalue weighted by Gasteiger charge is 2.52. The molecule has 154 valence electrons. The van der Waals surface area contributed by atoms with E-state index in [1.807, 2.05) is 39.6 Å². The van der Waals surface area contributed by atoms with Gasteiger partial charge < -0.3 is 19.1 Å². The third kappa shape index (κ3) is 4.44. The van der Waals surface area contributed by atoms with Crippen LogP contribution in [0.25, 0.3) is 0 Å². The van der Waals surface area contributed by atoms with E-state index in [0.717, 1.165) is 37.9 Å². The molecule has 3 rings (SSSR count). The summed E-state index contributed by atoms with van der Waals surface area (Å²) in [5.41, 5.74) is 0.0587. The van der Waals surface area contributed by atoms with Gasteiger partial charge in [0.05, 0.1) is 11.2 Å². The van der Waals surface area contributed by atoms with Crippen LogP contribution in [0.2, 0.25) is 0 Å². The van der Waals surface area contributed by atoms with Crippen LogP contribution in [0.4, 0.5) is 5.95 Å². The maximum absolute atomic E-state index is 11.7. The Morgan fingerprint density at radius 3 is 2.25 bits per heavy atom. The molecule has 1 aromatic rings. The third-order valence-electron chi connectivity index (χ3n) is 6.14. The van der Waals surface area contributed by atoms with Gasteiger partial charge in [0.25, 0.3) is 0 Å². The lowest BCUT2D eigenvalue weighted by Crippen LogP contribution is -2.42. The monoisotopic (exact) mass is 408 g/mol. The zero-order valence-corrected chi connectivity index (χ0v) is 18.2. The van der Waals surface area contributed by atoms with Crippen LogP contribution in [0.15, 0.2) is 12.4 Å². The van der Waals surface area contributed by atoms with Gasteiger partial charge in [0.15, 0.2) is 0 Å². The summed E-state index contributed by atoms with van der Waals surface area (Å²) in [5, 5.41) is 0. The van der Waals surface area contributed by atoms with Crippen molar-refractivity contribution in [3.05, 3.63) is 12.4 Å². The molecule has 2 fully saturated rings. The van der Waals surface area contributed by atoms with E-state index in [1.54, 1.807) is 12.4 Å². The Kier molecular flexibility index (Phi) is 6.22. The van der Waals surface area contributed by atoms with Crippen molar-refractivity contribution in [2.75, 3.05) is 37.5 Å². The first-order chi connectivity index (χ1) is 13.1. The number of hydrogen-bond donors (Lipinski definition) is 0. The number of anilines is 1. The highest BCUT2D eigenvalue weighted by molar-refractivity contribution is 6.61. The van der Waals surface area contributed by atoms with E-state index in [4.69, 9.17) is 20.9 Å². The molecular weight excluding hydrogens is 378 g/mol. The van der Waals surface area contributed by atoms with Crippen LogP contribution in [-0.4, -0.2) is 71.7 Å². The van der Waals surface area contributed by atoms with E-state index in [1.165, 1.54) is 0 Å². The van der Waals surface area contributed by atoms with Gasteiger partial charge in [-0.05, 0) is 46.5 Å². The molecule has 28 heavy (non-hydrogen) atoms. The largest absolute Gasteiger partial charge is 0.498 e. The smallest absolute Gasteiger partial charge is 0.399 e. The Bertz CT molecular complexity index is 677. The SMILES string of the molecule is CN(CC1CCN(C(=O)CCl)CC1)c1ncc(B2OC(C)(C)C(C)(C)O2)cn1. The van der Waals surface area contributed by atoms with Crippen molar-refractivity contribution in [3.8, 4) is 0 Å². The maximum Gasteiger partial charge on any atom is 0.498 e. The van der Waals surface area contributed by atoms with Gasteiger partial charge in [-0.1, -0.05) is 0 Å². The number of hydrogen-bond acceptors (Lipinski definition) is 6. The molecule has 1 amide bonds. The molecule has 0 aliphatic carbocycles. The zero-order chi connectivity index (χ0) is 20.5. The predicted octanol–water partition coefficient (Wildman–Crippen LogP) is 1.69. The quantitative estimate of drug-likeness (QED) is 0.545. The normalized spacial score (nSPS) is 21.8. The number of amides is 1. The second kappa shape index (κ2) is 8.16. The minimum absolute atomic E-state index is 0.0232. The number of likely N-dealkylation sites (tertiary alicyclic amines) is 1. The number of rotatable bonds is 5. The molecule has 0 aromatic carbocycles. The summed E-state index contributed by atoms with van der Waals surface area (Å²) in [4.78, 5) is 24.6. The van der Waals surface area contributed by atoms with E-state index in [2.05, 4.69) is 14.9 Å². The predicted molar refractivity (Wildman–Crippen MR) is 111 cm³/mol. The molecule has 1 aromatic heterocycles. The first-order valence-corrected chi connectivity index (χ1v) is 10.4. The highest BCUT2D eigenvalue weighted by atomic mass is 35.5. The second-order valence-electron chi connectivity index (χ2n) is 8.74. The van der Waals surface area contributed by atoms with Crippen molar-refractivity contribution in [1.82, 2.24) is 14.9 Å². The number of piperidine rings is 1. The molecule has 0 bridgehead atoms. The van der Waals surface area contributed by atoms with Crippen molar-refractivity contribution in [2.45, 2.75) is 51.7 Å². The topological polar surface area (TPSA) is 67.8 Å². The van der Waals surface area contributed by atoms with Gasteiger partial charge in [-0.2, -0.15) is 0 Å². The molecule has 2 aliphatic rings. The Labute approximate surface area is 172 Å². The molecule has 2 saturated heterocycles. The fourth-order valence-electron chi connectivity index (χ4n) is 3.55. The molecule has 3 heterocycles. The number of halogens is 1. The van der Waals surface area contributed by atoms with Crippen LogP contribution in [0.5, 0.6) is 0 Å². The lowest BCUT2D eigenvalue weighted by molar-refractivity contribution is -0.129. The van der Waals surface area contributed by atoms with Gasteiger partial charge in [-0.3, -0.25) is 4.79 Å². The van der Waals surface area contributed by atoms with Crippen molar-refractivity contribution < 1.29 is 14.1 Å². The highest BCUT2D eigenvalue weighted by Crippen LogP contribution is 2.36.